The fraction of sp³-hybridized carbons (Fsp3) is 0.412. The van der Waals surface area contributed by atoms with Crippen molar-refractivity contribution in [3.63, 3.8) is 0 Å². The molecule has 1 aliphatic rings. The van der Waals surface area contributed by atoms with Crippen LogP contribution in [0.15, 0.2) is 30.5 Å². The molecule has 1 fully saturated rings. The summed E-state index contributed by atoms with van der Waals surface area (Å²) in [7, 11) is 3.21. The number of nitrogens with zero attached hydrogens (tertiary/aromatic N) is 3. The summed E-state index contributed by atoms with van der Waals surface area (Å²) in [4.78, 5) is 11.0. The first-order chi connectivity index (χ1) is 11.7. The van der Waals surface area contributed by atoms with Gasteiger partial charge in [0.15, 0.2) is 0 Å². The van der Waals surface area contributed by atoms with Gasteiger partial charge in [0.05, 0.1) is 14.2 Å². The van der Waals surface area contributed by atoms with Gasteiger partial charge in [-0.25, -0.2) is 4.98 Å². The standard InChI is InChI=1S/C17H22N4O3/c1-12-11-21(7-6-18-12)17-19-5-4-16(20-17)24-15-9-13(22-2)8-14(10-15)23-3/h4-5,8-10,12,18H,6-7,11H2,1-3H3/t12-/m1/s1. The molecule has 3 rings (SSSR count). The number of anilines is 1. The lowest BCUT2D eigenvalue weighted by atomic mass is 10.2. The maximum atomic E-state index is 5.87. The molecule has 0 unspecified atom stereocenters. The largest absolute Gasteiger partial charge is 0.496 e. The predicted molar refractivity (Wildman–Crippen MR) is 91.3 cm³/mol. The van der Waals surface area contributed by atoms with E-state index >= 15 is 0 Å². The molecule has 0 radical (unpaired) electrons. The average Bonchev–Trinajstić information content (AvgIpc) is 2.61. The number of ether oxygens (including phenoxy) is 3. The Morgan fingerprint density at radius 1 is 1.12 bits per heavy atom. The van der Waals surface area contributed by atoms with Crippen molar-refractivity contribution >= 4 is 5.95 Å². The molecule has 0 saturated carbocycles. The molecular formula is C17H22N4O3. The van der Waals surface area contributed by atoms with E-state index in [0.717, 1.165) is 19.6 Å². The molecule has 128 valence electrons. The van der Waals surface area contributed by atoms with Crippen molar-refractivity contribution < 1.29 is 14.2 Å². The summed E-state index contributed by atoms with van der Waals surface area (Å²) in [5, 5.41) is 3.41. The fourth-order valence-corrected chi connectivity index (χ4v) is 2.62. The van der Waals surface area contributed by atoms with Crippen LogP contribution in [0.1, 0.15) is 6.92 Å². The van der Waals surface area contributed by atoms with E-state index in [2.05, 4.69) is 27.1 Å². The van der Waals surface area contributed by atoms with Crippen molar-refractivity contribution in [2.75, 3.05) is 38.8 Å². The molecule has 0 amide bonds. The van der Waals surface area contributed by atoms with E-state index in [1.54, 1.807) is 44.7 Å². The molecule has 1 atom stereocenters. The second-order valence-corrected chi connectivity index (χ2v) is 5.65. The van der Waals surface area contributed by atoms with Gasteiger partial charge in [0.2, 0.25) is 11.8 Å². The molecule has 0 bridgehead atoms. The van der Waals surface area contributed by atoms with Crippen LogP contribution >= 0.6 is 0 Å². The third-order valence-electron chi connectivity index (χ3n) is 3.82. The Kier molecular flexibility index (Phi) is 5.00. The Morgan fingerprint density at radius 3 is 2.50 bits per heavy atom. The highest BCUT2D eigenvalue weighted by atomic mass is 16.5. The van der Waals surface area contributed by atoms with Crippen LogP contribution in [0.2, 0.25) is 0 Å². The normalized spacial score (nSPS) is 17.5. The summed E-state index contributed by atoms with van der Waals surface area (Å²) < 4.78 is 16.4. The molecule has 1 saturated heterocycles. The first-order valence-corrected chi connectivity index (χ1v) is 7.90. The summed E-state index contributed by atoms with van der Waals surface area (Å²) in [5.41, 5.74) is 0. The number of hydrogen-bond acceptors (Lipinski definition) is 7. The Bertz CT molecular complexity index is 673. The Hall–Kier alpha value is -2.54. The quantitative estimate of drug-likeness (QED) is 0.900. The van der Waals surface area contributed by atoms with Crippen molar-refractivity contribution in [3.8, 4) is 23.1 Å². The van der Waals surface area contributed by atoms with Crippen LogP contribution in [0.3, 0.4) is 0 Å². The Labute approximate surface area is 141 Å². The summed E-state index contributed by atoms with van der Waals surface area (Å²) in [6.45, 7) is 4.81. The van der Waals surface area contributed by atoms with Gasteiger partial charge in [0, 0.05) is 56.1 Å². The van der Waals surface area contributed by atoms with Gasteiger partial charge in [-0.15, -0.1) is 0 Å². The summed E-state index contributed by atoms with van der Waals surface area (Å²) >= 11 is 0. The SMILES string of the molecule is COc1cc(OC)cc(Oc2ccnc(N3CCN[C@H](C)C3)n2)c1. The highest BCUT2D eigenvalue weighted by Gasteiger charge is 2.18. The van der Waals surface area contributed by atoms with Gasteiger partial charge in [0.1, 0.15) is 17.2 Å². The highest BCUT2D eigenvalue weighted by molar-refractivity contribution is 5.43. The average molecular weight is 330 g/mol. The molecule has 2 heterocycles. The van der Waals surface area contributed by atoms with Gasteiger partial charge in [-0.3, -0.25) is 0 Å². The van der Waals surface area contributed by atoms with E-state index in [4.69, 9.17) is 14.2 Å². The third-order valence-corrected chi connectivity index (χ3v) is 3.82. The van der Waals surface area contributed by atoms with Gasteiger partial charge >= 0.3 is 0 Å². The number of hydrogen-bond donors (Lipinski definition) is 1. The lowest BCUT2D eigenvalue weighted by molar-refractivity contribution is 0.384. The predicted octanol–water partition coefficient (Wildman–Crippen LogP) is 2.08. The highest BCUT2D eigenvalue weighted by Crippen LogP contribution is 2.30. The Balaban J connectivity index is 1.79. The minimum Gasteiger partial charge on any atom is -0.496 e. The van der Waals surface area contributed by atoms with E-state index in [-0.39, 0.29) is 0 Å². The van der Waals surface area contributed by atoms with Gasteiger partial charge in [0.25, 0.3) is 0 Å². The number of benzene rings is 1. The first kappa shape index (κ1) is 16.3. The number of piperazine rings is 1. The summed E-state index contributed by atoms with van der Waals surface area (Å²) in [5.74, 6) is 3.09. The minimum absolute atomic E-state index is 0.412. The lowest BCUT2D eigenvalue weighted by Gasteiger charge is -2.31. The smallest absolute Gasteiger partial charge is 0.228 e. The van der Waals surface area contributed by atoms with Crippen LogP contribution < -0.4 is 24.4 Å². The van der Waals surface area contributed by atoms with Gasteiger partial charge < -0.3 is 24.4 Å². The van der Waals surface area contributed by atoms with Crippen LogP contribution in [-0.4, -0.2) is 49.9 Å². The van der Waals surface area contributed by atoms with Crippen molar-refractivity contribution in [2.24, 2.45) is 0 Å². The number of nitrogens with one attached hydrogen (secondary N) is 1. The second-order valence-electron chi connectivity index (χ2n) is 5.65. The number of rotatable bonds is 5. The lowest BCUT2D eigenvalue weighted by Crippen LogP contribution is -2.49. The van der Waals surface area contributed by atoms with Crippen LogP contribution in [0.5, 0.6) is 23.1 Å². The van der Waals surface area contributed by atoms with Crippen LogP contribution in [0, 0.1) is 0 Å². The molecule has 7 nitrogen and oxygen atoms in total. The van der Waals surface area contributed by atoms with E-state index in [0.29, 0.717) is 35.1 Å². The first-order valence-electron chi connectivity index (χ1n) is 7.90. The van der Waals surface area contributed by atoms with E-state index in [1.165, 1.54) is 0 Å². The molecule has 0 spiro atoms. The minimum atomic E-state index is 0.412. The molecule has 0 aliphatic carbocycles. The molecule has 2 aromatic rings. The molecule has 1 aromatic heterocycles. The zero-order valence-electron chi connectivity index (χ0n) is 14.2. The van der Waals surface area contributed by atoms with E-state index < -0.39 is 0 Å². The number of methoxy groups -OCH3 is 2. The van der Waals surface area contributed by atoms with Crippen molar-refractivity contribution in [1.29, 1.82) is 0 Å². The van der Waals surface area contributed by atoms with Gasteiger partial charge in [-0.2, -0.15) is 4.98 Å². The zero-order chi connectivity index (χ0) is 16.9. The number of aromatic nitrogens is 2. The fourth-order valence-electron chi connectivity index (χ4n) is 2.62. The van der Waals surface area contributed by atoms with E-state index in [1.807, 2.05) is 0 Å². The monoisotopic (exact) mass is 330 g/mol. The molecule has 1 aromatic carbocycles. The molecular weight excluding hydrogens is 308 g/mol. The Morgan fingerprint density at radius 2 is 1.83 bits per heavy atom. The maximum Gasteiger partial charge on any atom is 0.228 e. The molecule has 7 heteroatoms. The van der Waals surface area contributed by atoms with Crippen LogP contribution in [0.4, 0.5) is 5.95 Å². The van der Waals surface area contributed by atoms with E-state index in [9.17, 15) is 0 Å². The summed E-state index contributed by atoms with van der Waals surface area (Å²) in [6, 6.07) is 7.52. The second kappa shape index (κ2) is 7.35. The van der Waals surface area contributed by atoms with Crippen LogP contribution in [-0.2, 0) is 0 Å². The van der Waals surface area contributed by atoms with Gasteiger partial charge in [-0.05, 0) is 6.92 Å². The summed E-state index contributed by atoms with van der Waals surface area (Å²) in [6.07, 6.45) is 1.71. The van der Waals surface area contributed by atoms with Crippen molar-refractivity contribution in [2.45, 2.75) is 13.0 Å². The van der Waals surface area contributed by atoms with Crippen molar-refractivity contribution in [3.05, 3.63) is 30.5 Å². The third kappa shape index (κ3) is 3.86. The topological polar surface area (TPSA) is 68.7 Å². The van der Waals surface area contributed by atoms with Crippen LogP contribution in [0.25, 0.3) is 0 Å². The molecule has 24 heavy (non-hydrogen) atoms. The van der Waals surface area contributed by atoms with Gasteiger partial charge in [-0.1, -0.05) is 0 Å². The molecule has 1 aliphatic heterocycles. The zero-order valence-corrected chi connectivity index (χ0v) is 14.2. The maximum absolute atomic E-state index is 5.87. The molecule has 1 N–H and O–H groups in total. The van der Waals surface area contributed by atoms with Crippen molar-refractivity contribution in [1.82, 2.24) is 15.3 Å².